The van der Waals surface area contributed by atoms with Crippen molar-refractivity contribution >= 4 is 16.1 Å². The molecule has 168 valence electrons. The minimum absolute atomic E-state index is 0.0447. The lowest BCUT2D eigenvalue weighted by Crippen LogP contribution is -2.57. The van der Waals surface area contributed by atoms with Crippen LogP contribution in [0.1, 0.15) is 23.7 Å². The number of nitrogens with one attached hydrogen (secondary N) is 2. The molecule has 2 aliphatic rings. The zero-order valence-corrected chi connectivity index (χ0v) is 17.2. The summed E-state index contributed by atoms with van der Waals surface area (Å²) in [7, 11) is -4.08. The van der Waals surface area contributed by atoms with E-state index in [0.29, 0.717) is 32.2 Å². The Bertz CT molecular complexity index is 1040. The third-order valence-electron chi connectivity index (χ3n) is 5.54. The SMILES string of the molecule is O=C(N1CC(CNS(=O)(=O)c2cccc(C(F)(F)F)c2)C1)N1CC[C@H](c2ncn[nH]2)C1. The molecule has 1 aromatic heterocycles. The average molecular weight is 458 g/mol. The normalized spacial score (nSPS) is 20.2. The minimum atomic E-state index is -4.62. The Balaban J connectivity index is 1.26. The highest BCUT2D eigenvalue weighted by Crippen LogP contribution is 2.31. The molecule has 31 heavy (non-hydrogen) atoms. The summed E-state index contributed by atoms with van der Waals surface area (Å²) in [5, 5.41) is 6.64. The molecule has 0 saturated carbocycles. The Morgan fingerprint density at radius 3 is 2.68 bits per heavy atom. The molecule has 0 radical (unpaired) electrons. The molecule has 2 fully saturated rings. The molecule has 0 bridgehead atoms. The molecule has 2 amide bonds. The van der Waals surface area contributed by atoms with Crippen LogP contribution in [0.2, 0.25) is 0 Å². The standard InChI is InChI=1S/C18H21F3N6O3S/c19-18(20,21)14-2-1-3-15(6-14)31(29,30)24-7-12-8-27(9-12)17(28)26-5-4-13(10-26)16-22-11-23-25-16/h1-3,6,11-13,24H,4-5,7-10H2,(H,22,23,25)/t13-/m0/s1. The van der Waals surface area contributed by atoms with Gasteiger partial charge in [-0.3, -0.25) is 5.10 Å². The van der Waals surface area contributed by atoms with Gasteiger partial charge >= 0.3 is 12.2 Å². The molecule has 2 N–H and O–H groups in total. The van der Waals surface area contributed by atoms with E-state index in [1.165, 1.54) is 6.33 Å². The van der Waals surface area contributed by atoms with Crippen molar-refractivity contribution in [1.29, 1.82) is 0 Å². The zero-order valence-electron chi connectivity index (χ0n) is 16.3. The van der Waals surface area contributed by atoms with Crippen molar-refractivity contribution in [2.75, 3.05) is 32.7 Å². The van der Waals surface area contributed by atoms with Crippen molar-refractivity contribution in [2.24, 2.45) is 5.92 Å². The monoisotopic (exact) mass is 458 g/mol. The fourth-order valence-electron chi connectivity index (χ4n) is 3.77. The number of rotatable bonds is 5. The number of halogens is 3. The van der Waals surface area contributed by atoms with Crippen LogP contribution in [0.4, 0.5) is 18.0 Å². The summed E-state index contributed by atoms with van der Waals surface area (Å²) in [5.41, 5.74) is -1.02. The molecule has 0 aliphatic carbocycles. The van der Waals surface area contributed by atoms with Gasteiger partial charge in [-0.2, -0.15) is 18.3 Å². The van der Waals surface area contributed by atoms with Gasteiger partial charge in [0.25, 0.3) is 0 Å². The van der Waals surface area contributed by atoms with Crippen molar-refractivity contribution in [3.63, 3.8) is 0 Å². The summed E-state index contributed by atoms with van der Waals surface area (Å²) in [6, 6.07) is 3.49. The van der Waals surface area contributed by atoms with Crippen LogP contribution in [0.3, 0.4) is 0 Å². The molecule has 0 spiro atoms. The van der Waals surface area contributed by atoms with Crippen LogP contribution in [0.5, 0.6) is 0 Å². The Morgan fingerprint density at radius 1 is 1.23 bits per heavy atom. The number of benzene rings is 1. The first-order valence-electron chi connectivity index (χ1n) is 9.69. The first kappa shape index (κ1) is 21.6. The maximum absolute atomic E-state index is 12.8. The van der Waals surface area contributed by atoms with Gasteiger partial charge in [-0.15, -0.1) is 0 Å². The maximum Gasteiger partial charge on any atom is 0.416 e. The fraction of sp³-hybridized carbons (Fsp3) is 0.500. The van der Waals surface area contributed by atoms with Gasteiger partial charge in [0.1, 0.15) is 12.2 Å². The van der Waals surface area contributed by atoms with E-state index in [9.17, 15) is 26.4 Å². The van der Waals surface area contributed by atoms with Crippen LogP contribution in [-0.2, 0) is 16.2 Å². The lowest BCUT2D eigenvalue weighted by molar-refractivity contribution is -0.137. The van der Waals surface area contributed by atoms with E-state index in [1.807, 2.05) is 0 Å². The van der Waals surface area contributed by atoms with Gasteiger partial charge in [-0.05, 0) is 24.6 Å². The summed E-state index contributed by atoms with van der Waals surface area (Å²) in [4.78, 5) is 19.7. The molecule has 2 saturated heterocycles. The van der Waals surface area contributed by atoms with Crippen molar-refractivity contribution in [3.05, 3.63) is 42.0 Å². The number of nitrogens with zero attached hydrogens (tertiary/aromatic N) is 4. The highest BCUT2D eigenvalue weighted by molar-refractivity contribution is 7.89. The van der Waals surface area contributed by atoms with Crippen molar-refractivity contribution in [3.8, 4) is 0 Å². The quantitative estimate of drug-likeness (QED) is 0.708. The van der Waals surface area contributed by atoms with Crippen LogP contribution in [-0.4, -0.2) is 72.2 Å². The predicted molar refractivity (Wildman–Crippen MR) is 102 cm³/mol. The highest BCUT2D eigenvalue weighted by atomic mass is 32.2. The number of carbonyl (C=O) groups is 1. The second-order valence-electron chi connectivity index (χ2n) is 7.73. The number of aromatic nitrogens is 3. The molecule has 2 aromatic rings. The fourth-order valence-corrected chi connectivity index (χ4v) is 4.94. The van der Waals surface area contributed by atoms with Gasteiger partial charge in [-0.1, -0.05) is 6.07 Å². The smallest absolute Gasteiger partial charge is 0.324 e. The number of carbonyl (C=O) groups excluding carboxylic acids is 1. The van der Waals surface area contributed by atoms with Crippen LogP contribution < -0.4 is 4.72 Å². The van der Waals surface area contributed by atoms with E-state index in [4.69, 9.17) is 0 Å². The molecule has 13 heteroatoms. The molecule has 9 nitrogen and oxygen atoms in total. The molecule has 0 unspecified atom stereocenters. The second kappa shape index (κ2) is 8.11. The third-order valence-corrected chi connectivity index (χ3v) is 6.96. The minimum Gasteiger partial charge on any atom is -0.324 e. The summed E-state index contributed by atoms with van der Waals surface area (Å²) >= 11 is 0. The molecule has 1 atom stereocenters. The summed E-state index contributed by atoms with van der Waals surface area (Å²) in [6.45, 7) is 1.95. The number of H-pyrrole nitrogens is 1. The zero-order chi connectivity index (χ0) is 22.2. The molecule has 2 aliphatic heterocycles. The van der Waals surface area contributed by atoms with E-state index in [2.05, 4.69) is 19.9 Å². The number of urea groups is 1. The third kappa shape index (κ3) is 4.66. The maximum atomic E-state index is 12.8. The summed E-state index contributed by atoms with van der Waals surface area (Å²) in [6.07, 6.45) is -2.41. The number of alkyl halides is 3. The molecular weight excluding hydrogens is 437 g/mol. The van der Waals surface area contributed by atoms with Gasteiger partial charge in [-0.25, -0.2) is 22.9 Å². The molecular formula is C18H21F3N6O3S. The van der Waals surface area contributed by atoms with Gasteiger partial charge in [0.2, 0.25) is 10.0 Å². The Labute approximate surface area is 176 Å². The van der Waals surface area contributed by atoms with Gasteiger partial charge in [0.05, 0.1) is 10.5 Å². The predicted octanol–water partition coefficient (Wildman–Crippen LogP) is 1.64. The average Bonchev–Trinajstić information content (AvgIpc) is 3.37. The van der Waals surface area contributed by atoms with Crippen LogP contribution in [0.15, 0.2) is 35.5 Å². The second-order valence-corrected chi connectivity index (χ2v) is 9.50. The molecule has 4 rings (SSSR count). The van der Waals surface area contributed by atoms with Gasteiger partial charge in [0.15, 0.2) is 0 Å². The highest BCUT2D eigenvalue weighted by Gasteiger charge is 2.37. The van der Waals surface area contributed by atoms with E-state index in [0.717, 1.165) is 30.4 Å². The number of aromatic amines is 1. The van der Waals surface area contributed by atoms with Crippen LogP contribution in [0.25, 0.3) is 0 Å². The summed E-state index contributed by atoms with van der Waals surface area (Å²) < 4.78 is 65.5. The van der Waals surface area contributed by atoms with Gasteiger partial charge in [0, 0.05) is 44.6 Å². The first-order valence-corrected chi connectivity index (χ1v) is 11.2. The van der Waals surface area contributed by atoms with E-state index < -0.39 is 26.7 Å². The van der Waals surface area contributed by atoms with Gasteiger partial charge < -0.3 is 9.80 Å². The van der Waals surface area contributed by atoms with E-state index >= 15 is 0 Å². The van der Waals surface area contributed by atoms with Crippen LogP contribution >= 0.6 is 0 Å². The Hall–Kier alpha value is -2.67. The number of likely N-dealkylation sites (tertiary alicyclic amines) is 2. The van der Waals surface area contributed by atoms with Crippen molar-refractivity contribution < 1.29 is 26.4 Å². The summed E-state index contributed by atoms with van der Waals surface area (Å²) in [5.74, 6) is 0.765. The molecule has 3 heterocycles. The number of hydrogen-bond donors (Lipinski definition) is 2. The Kier molecular flexibility index (Phi) is 5.64. The van der Waals surface area contributed by atoms with Crippen molar-refractivity contribution in [1.82, 2.24) is 29.7 Å². The largest absolute Gasteiger partial charge is 0.416 e. The topological polar surface area (TPSA) is 111 Å². The number of amides is 2. The van der Waals surface area contributed by atoms with Crippen molar-refractivity contribution in [2.45, 2.75) is 23.4 Å². The van der Waals surface area contributed by atoms with E-state index in [-0.39, 0.29) is 24.4 Å². The van der Waals surface area contributed by atoms with E-state index in [1.54, 1.807) is 9.80 Å². The number of sulfonamides is 1. The van der Waals surface area contributed by atoms with Crippen LogP contribution in [0, 0.1) is 5.92 Å². The lowest BCUT2D eigenvalue weighted by atomic mass is 10.0. The number of hydrogen-bond acceptors (Lipinski definition) is 5. The Morgan fingerprint density at radius 2 is 2.00 bits per heavy atom. The lowest BCUT2D eigenvalue weighted by Gasteiger charge is -2.41. The molecule has 1 aromatic carbocycles. The first-order chi connectivity index (χ1) is 14.6.